The number of hydrogen-bond donors (Lipinski definition) is 2. The third kappa shape index (κ3) is 3.84. The first-order valence-electron chi connectivity index (χ1n) is 3.18. The van der Waals surface area contributed by atoms with E-state index in [0.717, 1.165) is 0 Å². The van der Waals surface area contributed by atoms with Crippen LogP contribution in [0.15, 0.2) is 24.3 Å². The molecule has 0 bridgehead atoms. The van der Waals surface area contributed by atoms with Crippen LogP contribution in [0.5, 0.6) is 0 Å². The Hall–Kier alpha value is 0.212. The molecule has 63 valence electrons. The number of hydrogen-bond acceptors (Lipinski definition) is 2. The van der Waals surface area contributed by atoms with Crippen molar-refractivity contribution >= 4 is 80.8 Å². The maximum absolute atomic E-state index is 10.3. The van der Waals surface area contributed by atoms with Crippen LogP contribution < -0.4 is 0 Å². The maximum atomic E-state index is 10.3. The van der Waals surface area contributed by atoms with E-state index < -0.39 is 11.9 Å². The smallest absolute Gasteiger partial charge is 0.335 e. The predicted octanol–water partition coefficient (Wildman–Crippen LogP) is 0.702. The first kappa shape index (κ1) is 13.2. The Bertz CT molecular complexity index is 284. The summed E-state index contributed by atoms with van der Waals surface area (Å²) in [5.41, 5.74) is 0.167. The summed E-state index contributed by atoms with van der Waals surface area (Å²) in [6, 6.07) is 5.02. The molecule has 0 saturated carbocycles. The van der Waals surface area contributed by atoms with E-state index in [9.17, 15) is 9.59 Å². The monoisotopic (exact) mass is 299 g/mol. The Labute approximate surface area is 133 Å². The summed E-state index contributed by atoms with van der Waals surface area (Å²) in [5.74, 6) is -2.13. The fraction of sp³-hybridized carbons (Fsp3) is 0. The molecule has 4 nitrogen and oxygen atoms in total. The second-order valence-corrected chi connectivity index (χ2v) is 2.19. The summed E-state index contributed by atoms with van der Waals surface area (Å²) in [6.45, 7) is 0. The molecule has 0 aliphatic heterocycles. The molecule has 0 aromatic heterocycles. The molecular weight excluding hydrogens is 293 g/mol. The van der Waals surface area contributed by atoms with Gasteiger partial charge in [-0.05, 0) is 24.3 Å². The van der Waals surface area contributed by atoms with Gasteiger partial charge < -0.3 is 10.2 Å². The van der Waals surface area contributed by atoms with Gasteiger partial charge in [0, 0.05) is 68.9 Å². The fourth-order valence-corrected chi connectivity index (χ4v) is 0.755. The zero-order valence-corrected chi connectivity index (χ0v) is 13.3. The van der Waals surface area contributed by atoms with E-state index in [1.807, 2.05) is 0 Å². The number of carboxylic acid groups (broad SMARTS) is 2. The van der Waals surface area contributed by atoms with Crippen LogP contribution in [-0.2, 0) is 0 Å². The normalized spacial score (nSPS) is 8.62. The average Bonchev–Trinajstić information content (AvgIpc) is 2.04. The van der Waals surface area contributed by atoms with E-state index >= 15 is 0 Å². The van der Waals surface area contributed by atoms with Crippen molar-refractivity contribution in [2.24, 2.45) is 0 Å². The number of carboxylic acids is 2. The van der Waals surface area contributed by atoms with Gasteiger partial charge in [0.25, 0.3) is 0 Å². The molecule has 0 fully saturated rings. The van der Waals surface area contributed by atoms with Crippen LogP contribution in [0.2, 0.25) is 0 Å². The maximum Gasteiger partial charge on any atom is 0.335 e. The molecular formula is C8H6CsO4. The van der Waals surface area contributed by atoms with E-state index in [-0.39, 0.29) is 80.0 Å². The molecule has 0 aliphatic rings. The van der Waals surface area contributed by atoms with Crippen molar-refractivity contribution in [2.45, 2.75) is 0 Å². The van der Waals surface area contributed by atoms with Crippen LogP contribution in [0, 0.1) is 0 Å². The standard InChI is InChI=1S/C8H6O4.Cs/c9-7(10)5-1-2-6(4-3-5)8(11)12;/h1-4H,(H,9,10)(H,11,12);. The molecule has 0 amide bonds. The van der Waals surface area contributed by atoms with Gasteiger partial charge in [-0.15, -0.1) is 0 Å². The second kappa shape index (κ2) is 5.84. The summed E-state index contributed by atoms with van der Waals surface area (Å²) in [6.07, 6.45) is 0. The van der Waals surface area contributed by atoms with E-state index in [1.165, 1.54) is 24.3 Å². The summed E-state index contributed by atoms with van der Waals surface area (Å²) in [4.78, 5) is 20.7. The van der Waals surface area contributed by atoms with Crippen molar-refractivity contribution in [1.29, 1.82) is 0 Å². The largest absolute Gasteiger partial charge is 0.478 e. The Morgan fingerprint density at radius 2 is 1.08 bits per heavy atom. The van der Waals surface area contributed by atoms with Gasteiger partial charge in [-0.3, -0.25) is 0 Å². The Morgan fingerprint density at radius 1 is 0.846 bits per heavy atom. The predicted molar refractivity (Wildman–Crippen MR) is 46.1 cm³/mol. The summed E-state index contributed by atoms with van der Waals surface area (Å²) < 4.78 is 0. The van der Waals surface area contributed by atoms with Crippen molar-refractivity contribution in [1.82, 2.24) is 0 Å². The molecule has 13 heavy (non-hydrogen) atoms. The Kier molecular flexibility index (Phi) is 5.94. The van der Waals surface area contributed by atoms with Gasteiger partial charge in [-0.2, -0.15) is 0 Å². The molecule has 0 unspecified atom stereocenters. The molecule has 0 atom stereocenters. The minimum Gasteiger partial charge on any atom is -0.478 e. The minimum atomic E-state index is -1.06. The first-order valence-corrected chi connectivity index (χ1v) is 3.18. The second-order valence-electron chi connectivity index (χ2n) is 2.19. The van der Waals surface area contributed by atoms with E-state index in [1.54, 1.807) is 0 Å². The quantitative estimate of drug-likeness (QED) is 0.843. The molecule has 1 rings (SSSR count). The number of carbonyl (C=O) groups is 2. The molecule has 1 radical (unpaired) electrons. The molecule has 2 N–H and O–H groups in total. The molecule has 1 aromatic carbocycles. The molecule has 0 heterocycles. The first-order chi connectivity index (χ1) is 5.61. The van der Waals surface area contributed by atoms with E-state index in [0.29, 0.717) is 0 Å². The topological polar surface area (TPSA) is 74.6 Å². The zero-order chi connectivity index (χ0) is 9.14. The van der Waals surface area contributed by atoms with Gasteiger partial charge >= 0.3 is 11.9 Å². The zero-order valence-electron chi connectivity index (χ0n) is 7.02. The van der Waals surface area contributed by atoms with Crippen LogP contribution in [0.4, 0.5) is 0 Å². The third-order valence-corrected chi connectivity index (χ3v) is 1.38. The van der Waals surface area contributed by atoms with Crippen LogP contribution in [0.25, 0.3) is 0 Å². The number of aromatic carboxylic acids is 2. The third-order valence-electron chi connectivity index (χ3n) is 1.38. The minimum absolute atomic E-state index is 0. The van der Waals surface area contributed by atoms with Crippen LogP contribution in [0.3, 0.4) is 0 Å². The van der Waals surface area contributed by atoms with Crippen LogP contribution in [-0.4, -0.2) is 91.0 Å². The molecule has 0 aliphatic carbocycles. The summed E-state index contributed by atoms with van der Waals surface area (Å²) in [5, 5.41) is 16.9. The van der Waals surface area contributed by atoms with Crippen molar-refractivity contribution < 1.29 is 19.8 Å². The molecule has 1 aromatic rings. The van der Waals surface area contributed by atoms with Crippen molar-refractivity contribution in [3.05, 3.63) is 35.4 Å². The van der Waals surface area contributed by atoms with E-state index in [4.69, 9.17) is 10.2 Å². The Morgan fingerprint density at radius 3 is 1.23 bits per heavy atom. The van der Waals surface area contributed by atoms with Gasteiger partial charge in [0.2, 0.25) is 0 Å². The van der Waals surface area contributed by atoms with Crippen LogP contribution in [0.1, 0.15) is 20.7 Å². The van der Waals surface area contributed by atoms with Gasteiger partial charge in [-0.25, -0.2) is 9.59 Å². The van der Waals surface area contributed by atoms with Crippen molar-refractivity contribution in [3.8, 4) is 0 Å². The summed E-state index contributed by atoms with van der Waals surface area (Å²) >= 11 is 0. The fourth-order valence-electron chi connectivity index (χ4n) is 0.755. The average molecular weight is 299 g/mol. The summed E-state index contributed by atoms with van der Waals surface area (Å²) in [7, 11) is 0. The Balaban J connectivity index is 0.00000144. The number of rotatable bonds is 2. The van der Waals surface area contributed by atoms with E-state index in [2.05, 4.69) is 0 Å². The molecule has 0 spiro atoms. The van der Waals surface area contributed by atoms with Gasteiger partial charge in [0.15, 0.2) is 0 Å². The van der Waals surface area contributed by atoms with Crippen LogP contribution >= 0.6 is 0 Å². The SMILES string of the molecule is O=C(O)c1ccc(C(=O)O)cc1.[Cs]. The van der Waals surface area contributed by atoms with Crippen molar-refractivity contribution in [3.63, 3.8) is 0 Å². The van der Waals surface area contributed by atoms with Gasteiger partial charge in [0.05, 0.1) is 11.1 Å². The van der Waals surface area contributed by atoms with Gasteiger partial charge in [0.1, 0.15) is 0 Å². The molecule has 5 heteroatoms. The van der Waals surface area contributed by atoms with Gasteiger partial charge in [-0.1, -0.05) is 0 Å². The number of benzene rings is 1. The van der Waals surface area contributed by atoms with Crippen molar-refractivity contribution in [2.75, 3.05) is 0 Å². The molecule has 0 saturated heterocycles.